The molecule has 1 unspecified atom stereocenters. The summed E-state index contributed by atoms with van der Waals surface area (Å²) in [6.07, 6.45) is 0.125. The number of piperazine rings is 1. The zero-order chi connectivity index (χ0) is 21.3. The molecule has 2 rings (SSSR count). The molecule has 1 aliphatic heterocycles. The van der Waals surface area contributed by atoms with Gasteiger partial charge in [-0.2, -0.15) is 0 Å². The number of hydrogen-bond acceptors (Lipinski definition) is 4. The Morgan fingerprint density at radius 3 is 2.24 bits per heavy atom. The number of nitrogens with zero attached hydrogens (tertiary/aromatic N) is 3. The third-order valence-corrected chi connectivity index (χ3v) is 5.49. The minimum absolute atomic E-state index is 0.0820. The molecule has 0 saturated carbocycles. The molecule has 0 aromatic heterocycles. The maximum atomic E-state index is 5.64. The van der Waals surface area contributed by atoms with Crippen molar-refractivity contribution in [3.8, 4) is 0 Å². The van der Waals surface area contributed by atoms with Crippen LogP contribution in [0.3, 0.4) is 0 Å². The van der Waals surface area contributed by atoms with Gasteiger partial charge >= 0.3 is 0 Å². The van der Waals surface area contributed by atoms with Crippen molar-refractivity contribution in [2.24, 2.45) is 10.4 Å². The van der Waals surface area contributed by atoms with Crippen molar-refractivity contribution in [2.75, 3.05) is 53.4 Å². The molecule has 0 radical (unpaired) electrons. The van der Waals surface area contributed by atoms with E-state index in [9.17, 15) is 0 Å². The molecular formula is C23H41N5O. The van der Waals surface area contributed by atoms with Crippen LogP contribution in [0, 0.1) is 5.41 Å². The number of ether oxygens (including phenoxy) is 1. The van der Waals surface area contributed by atoms with E-state index in [4.69, 9.17) is 9.73 Å². The van der Waals surface area contributed by atoms with Gasteiger partial charge in [-0.15, -0.1) is 0 Å². The smallest absolute Gasteiger partial charge is 0.191 e. The lowest BCUT2D eigenvalue weighted by molar-refractivity contribution is 0.0205. The first kappa shape index (κ1) is 23.6. The molecule has 1 heterocycles. The van der Waals surface area contributed by atoms with Crippen LogP contribution in [0.25, 0.3) is 0 Å². The molecule has 2 N–H and O–H groups in total. The molecule has 29 heavy (non-hydrogen) atoms. The summed E-state index contributed by atoms with van der Waals surface area (Å²) in [4.78, 5) is 9.67. The van der Waals surface area contributed by atoms with Crippen LogP contribution in [0.4, 0.5) is 0 Å². The summed E-state index contributed by atoms with van der Waals surface area (Å²) >= 11 is 0. The number of methoxy groups -OCH3 is 1. The standard InChI is InChI=1S/C23H41N5O/c1-7-24-22(26-17-21(29-6)23(2,3)4)25-16-19-8-10-20(11-9-19)18-28-14-12-27(5)13-15-28/h8-11,21H,7,12-18H2,1-6H3,(H2,24,25,26). The van der Waals surface area contributed by atoms with Gasteiger partial charge in [0.05, 0.1) is 12.6 Å². The van der Waals surface area contributed by atoms with E-state index >= 15 is 0 Å². The van der Waals surface area contributed by atoms with Crippen LogP contribution < -0.4 is 10.6 Å². The Balaban J connectivity index is 1.88. The fourth-order valence-electron chi connectivity index (χ4n) is 3.46. The van der Waals surface area contributed by atoms with Gasteiger partial charge in [0.1, 0.15) is 0 Å². The topological polar surface area (TPSA) is 52.1 Å². The van der Waals surface area contributed by atoms with Gasteiger partial charge in [-0.1, -0.05) is 45.0 Å². The molecule has 164 valence electrons. The Kier molecular flexibility index (Phi) is 9.40. The summed E-state index contributed by atoms with van der Waals surface area (Å²) in [5.41, 5.74) is 2.68. The maximum absolute atomic E-state index is 5.64. The van der Waals surface area contributed by atoms with Crippen LogP contribution in [0.2, 0.25) is 0 Å². The predicted octanol–water partition coefficient (Wildman–Crippen LogP) is 2.55. The van der Waals surface area contributed by atoms with Gasteiger partial charge in [0.15, 0.2) is 5.96 Å². The van der Waals surface area contributed by atoms with E-state index in [-0.39, 0.29) is 11.5 Å². The molecule has 0 aliphatic carbocycles. The fraction of sp³-hybridized carbons (Fsp3) is 0.696. The van der Waals surface area contributed by atoms with E-state index < -0.39 is 0 Å². The number of benzene rings is 1. The SMILES string of the molecule is CCNC(=NCc1ccc(CN2CCN(C)CC2)cc1)NCC(OC)C(C)(C)C. The Morgan fingerprint density at radius 2 is 1.69 bits per heavy atom. The molecule has 1 atom stereocenters. The minimum Gasteiger partial charge on any atom is -0.379 e. The minimum atomic E-state index is 0.0820. The van der Waals surface area contributed by atoms with Gasteiger partial charge in [0, 0.05) is 52.9 Å². The van der Waals surface area contributed by atoms with E-state index in [1.807, 2.05) is 0 Å². The third-order valence-electron chi connectivity index (χ3n) is 5.49. The van der Waals surface area contributed by atoms with Crippen molar-refractivity contribution >= 4 is 5.96 Å². The molecule has 0 spiro atoms. The average molecular weight is 404 g/mol. The van der Waals surface area contributed by atoms with E-state index in [1.54, 1.807) is 7.11 Å². The normalized spacial score (nSPS) is 17.9. The van der Waals surface area contributed by atoms with E-state index in [0.29, 0.717) is 6.54 Å². The van der Waals surface area contributed by atoms with Crippen molar-refractivity contribution in [3.63, 3.8) is 0 Å². The second-order valence-electron chi connectivity index (χ2n) is 9.06. The van der Waals surface area contributed by atoms with Crippen LogP contribution in [-0.2, 0) is 17.8 Å². The molecule has 1 fully saturated rings. The summed E-state index contributed by atoms with van der Waals surface area (Å²) in [6.45, 7) is 16.5. The molecule has 0 bridgehead atoms. The van der Waals surface area contributed by atoms with Crippen molar-refractivity contribution in [3.05, 3.63) is 35.4 Å². The largest absolute Gasteiger partial charge is 0.379 e. The summed E-state index contributed by atoms with van der Waals surface area (Å²) in [5.74, 6) is 0.834. The van der Waals surface area contributed by atoms with Crippen molar-refractivity contribution in [2.45, 2.75) is 46.9 Å². The summed E-state index contributed by atoms with van der Waals surface area (Å²) in [5, 5.41) is 6.75. The second-order valence-corrected chi connectivity index (χ2v) is 9.06. The first-order chi connectivity index (χ1) is 13.8. The predicted molar refractivity (Wildman–Crippen MR) is 122 cm³/mol. The molecule has 1 aromatic carbocycles. The van der Waals surface area contributed by atoms with Gasteiger partial charge in [-0.25, -0.2) is 4.99 Å². The van der Waals surface area contributed by atoms with Crippen LogP contribution >= 0.6 is 0 Å². The lowest BCUT2D eigenvalue weighted by atomic mass is 9.89. The third kappa shape index (κ3) is 8.33. The van der Waals surface area contributed by atoms with E-state index in [2.05, 4.69) is 79.4 Å². The van der Waals surface area contributed by atoms with Gasteiger partial charge in [0.25, 0.3) is 0 Å². The van der Waals surface area contributed by atoms with Gasteiger partial charge in [0.2, 0.25) is 0 Å². The van der Waals surface area contributed by atoms with Crippen LogP contribution in [-0.4, -0.2) is 75.3 Å². The fourth-order valence-corrected chi connectivity index (χ4v) is 3.46. The first-order valence-corrected chi connectivity index (χ1v) is 10.9. The number of aliphatic imine (C=N–C) groups is 1. The maximum Gasteiger partial charge on any atom is 0.191 e. The summed E-state index contributed by atoms with van der Waals surface area (Å²) in [6, 6.07) is 8.88. The lowest BCUT2D eigenvalue weighted by Crippen LogP contribution is -2.45. The Hall–Kier alpha value is -1.63. The quantitative estimate of drug-likeness (QED) is 0.516. The van der Waals surface area contributed by atoms with E-state index in [0.717, 1.165) is 51.8 Å². The van der Waals surface area contributed by atoms with Gasteiger partial charge in [-0.3, -0.25) is 4.90 Å². The van der Waals surface area contributed by atoms with Gasteiger partial charge in [-0.05, 0) is 30.5 Å². The van der Waals surface area contributed by atoms with Gasteiger partial charge < -0.3 is 20.3 Å². The number of hydrogen-bond donors (Lipinski definition) is 2. The highest BCUT2D eigenvalue weighted by Crippen LogP contribution is 2.20. The number of guanidine groups is 1. The van der Waals surface area contributed by atoms with Crippen LogP contribution in [0.5, 0.6) is 0 Å². The Bertz CT molecular complexity index is 615. The monoisotopic (exact) mass is 403 g/mol. The second kappa shape index (κ2) is 11.5. The lowest BCUT2D eigenvalue weighted by Gasteiger charge is -2.32. The molecule has 0 amide bonds. The molecule has 1 aromatic rings. The number of nitrogens with one attached hydrogen (secondary N) is 2. The van der Waals surface area contributed by atoms with Crippen molar-refractivity contribution in [1.82, 2.24) is 20.4 Å². The van der Waals surface area contributed by atoms with Crippen LogP contribution in [0.1, 0.15) is 38.8 Å². The zero-order valence-electron chi connectivity index (χ0n) is 19.3. The molecule has 1 aliphatic rings. The highest BCUT2D eigenvalue weighted by Gasteiger charge is 2.24. The Morgan fingerprint density at radius 1 is 1.07 bits per heavy atom. The van der Waals surface area contributed by atoms with Crippen molar-refractivity contribution < 1.29 is 4.74 Å². The first-order valence-electron chi connectivity index (χ1n) is 10.9. The molecule has 1 saturated heterocycles. The van der Waals surface area contributed by atoms with E-state index in [1.165, 1.54) is 11.1 Å². The highest BCUT2D eigenvalue weighted by atomic mass is 16.5. The molecule has 6 heteroatoms. The number of rotatable bonds is 8. The molecule has 6 nitrogen and oxygen atoms in total. The van der Waals surface area contributed by atoms with Crippen molar-refractivity contribution in [1.29, 1.82) is 0 Å². The summed E-state index contributed by atoms with van der Waals surface area (Å²) in [7, 11) is 3.97. The zero-order valence-corrected chi connectivity index (χ0v) is 19.3. The average Bonchev–Trinajstić information content (AvgIpc) is 2.68. The number of likely N-dealkylation sites (N-methyl/N-ethyl adjacent to an activating group) is 1. The van der Waals surface area contributed by atoms with Crippen LogP contribution in [0.15, 0.2) is 29.3 Å². The Labute approximate surface area is 177 Å². The highest BCUT2D eigenvalue weighted by molar-refractivity contribution is 5.79. The summed E-state index contributed by atoms with van der Waals surface area (Å²) < 4.78 is 5.64. The molecular weight excluding hydrogens is 362 g/mol.